The summed E-state index contributed by atoms with van der Waals surface area (Å²) >= 11 is 0. The van der Waals surface area contributed by atoms with Gasteiger partial charge >= 0.3 is 0 Å². The number of hydrogen-bond donors (Lipinski definition) is 1. The van der Waals surface area contributed by atoms with Gasteiger partial charge in [-0.3, -0.25) is 4.79 Å². The van der Waals surface area contributed by atoms with Gasteiger partial charge in [-0.2, -0.15) is 0 Å². The van der Waals surface area contributed by atoms with E-state index < -0.39 is 5.82 Å². The van der Waals surface area contributed by atoms with Gasteiger partial charge in [-0.25, -0.2) is 4.39 Å². The van der Waals surface area contributed by atoms with Gasteiger partial charge in [0, 0.05) is 13.5 Å². The highest BCUT2D eigenvalue weighted by molar-refractivity contribution is 5.72. The fourth-order valence-electron chi connectivity index (χ4n) is 1.23. The third-order valence-electron chi connectivity index (χ3n) is 1.90. The molecule has 1 rings (SSSR count). The molecule has 0 aliphatic heterocycles. The third kappa shape index (κ3) is 3.88. The van der Waals surface area contributed by atoms with Crippen molar-refractivity contribution in [2.45, 2.75) is 33.4 Å². The zero-order valence-corrected chi connectivity index (χ0v) is 9.71. The highest BCUT2D eigenvalue weighted by Crippen LogP contribution is 2.19. The normalized spacial score (nSPS) is 10.3. The van der Waals surface area contributed by atoms with Crippen LogP contribution in [-0.4, -0.2) is 12.0 Å². The molecule has 1 aromatic carbocycles. The number of ether oxygens (including phenoxy) is 1. The molecule has 4 heteroatoms. The van der Waals surface area contributed by atoms with Crippen LogP contribution in [0, 0.1) is 5.82 Å². The number of hydrogen-bond acceptors (Lipinski definition) is 2. The molecule has 0 saturated carbocycles. The largest absolute Gasteiger partial charge is 0.488 e. The van der Waals surface area contributed by atoms with Gasteiger partial charge in [0.2, 0.25) is 5.91 Å². The summed E-state index contributed by atoms with van der Waals surface area (Å²) in [4.78, 5) is 10.7. The Morgan fingerprint density at radius 1 is 1.50 bits per heavy atom. The second-order valence-electron chi connectivity index (χ2n) is 3.84. The summed E-state index contributed by atoms with van der Waals surface area (Å²) in [6.45, 7) is 5.43. The molecule has 0 fully saturated rings. The van der Waals surface area contributed by atoms with Crippen LogP contribution in [0.2, 0.25) is 0 Å². The first-order valence-electron chi connectivity index (χ1n) is 5.18. The molecule has 88 valence electrons. The molecule has 0 radical (unpaired) electrons. The molecular formula is C12H16FNO2. The van der Waals surface area contributed by atoms with E-state index in [1.165, 1.54) is 13.0 Å². The van der Waals surface area contributed by atoms with Crippen molar-refractivity contribution in [1.29, 1.82) is 0 Å². The molecule has 3 nitrogen and oxygen atoms in total. The summed E-state index contributed by atoms with van der Waals surface area (Å²) in [5.41, 5.74) is 0.712. The van der Waals surface area contributed by atoms with Crippen molar-refractivity contribution in [2.24, 2.45) is 0 Å². The van der Waals surface area contributed by atoms with Crippen LogP contribution in [0.15, 0.2) is 18.2 Å². The number of amides is 1. The number of carbonyl (C=O) groups is 1. The van der Waals surface area contributed by atoms with E-state index in [1.807, 2.05) is 13.8 Å². The Morgan fingerprint density at radius 2 is 2.19 bits per heavy atom. The van der Waals surface area contributed by atoms with E-state index >= 15 is 0 Å². The Hall–Kier alpha value is -1.58. The summed E-state index contributed by atoms with van der Waals surface area (Å²) in [6, 6.07) is 4.68. The van der Waals surface area contributed by atoms with Crippen molar-refractivity contribution >= 4 is 5.91 Å². The summed E-state index contributed by atoms with van der Waals surface area (Å²) < 4.78 is 18.8. The average Bonchev–Trinajstić information content (AvgIpc) is 2.18. The predicted octanol–water partition coefficient (Wildman–Crippen LogP) is 2.25. The maximum atomic E-state index is 13.5. The fraction of sp³-hybridized carbons (Fsp3) is 0.417. The number of rotatable bonds is 4. The zero-order chi connectivity index (χ0) is 12.1. The Kier molecular flexibility index (Phi) is 4.28. The molecule has 0 unspecified atom stereocenters. The SMILES string of the molecule is CC(=O)NCc1ccc(OC(C)C)c(F)c1. The number of nitrogens with one attached hydrogen (secondary N) is 1. The summed E-state index contributed by atoms with van der Waals surface area (Å²) in [5.74, 6) is -0.305. The van der Waals surface area contributed by atoms with Gasteiger partial charge in [0.15, 0.2) is 11.6 Å². The molecule has 0 aliphatic carbocycles. The number of carbonyl (C=O) groups excluding carboxylic acids is 1. The lowest BCUT2D eigenvalue weighted by atomic mass is 10.2. The van der Waals surface area contributed by atoms with Crippen molar-refractivity contribution in [3.63, 3.8) is 0 Å². The maximum absolute atomic E-state index is 13.5. The van der Waals surface area contributed by atoms with Gasteiger partial charge in [-0.15, -0.1) is 0 Å². The minimum Gasteiger partial charge on any atom is -0.488 e. The molecule has 0 saturated heterocycles. The van der Waals surface area contributed by atoms with E-state index in [-0.39, 0.29) is 17.8 Å². The molecule has 0 aliphatic rings. The Labute approximate surface area is 94.6 Å². The van der Waals surface area contributed by atoms with Crippen molar-refractivity contribution in [1.82, 2.24) is 5.32 Å². The second kappa shape index (κ2) is 5.49. The quantitative estimate of drug-likeness (QED) is 0.853. The van der Waals surface area contributed by atoms with E-state index in [9.17, 15) is 9.18 Å². The minimum absolute atomic E-state index is 0.0595. The van der Waals surface area contributed by atoms with Gasteiger partial charge in [0.05, 0.1) is 6.10 Å². The van der Waals surface area contributed by atoms with Crippen LogP contribution in [0.25, 0.3) is 0 Å². The van der Waals surface area contributed by atoms with Gasteiger partial charge in [-0.1, -0.05) is 6.07 Å². The minimum atomic E-state index is -0.406. The van der Waals surface area contributed by atoms with Gasteiger partial charge in [-0.05, 0) is 31.5 Å². The van der Waals surface area contributed by atoms with Crippen molar-refractivity contribution in [3.8, 4) is 5.75 Å². The van der Waals surface area contributed by atoms with Crippen molar-refractivity contribution in [2.75, 3.05) is 0 Å². The van der Waals surface area contributed by atoms with Crippen LogP contribution < -0.4 is 10.1 Å². The topological polar surface area (TPSA) is 38.3 Å². The van der Waals surface area contributed by atoms with Crippen LogP contribution in [0.5, 0.6) is 5.75 Å². The smallest absolute Gasteiger partial charge is 0.217 e. The van der Waals surface area contributed by atoms with Crippen LogP contribution in [0.4, 0.5) is 4.39 Å². The van der Waals surface area contributed by atoms with E-state index in [0.29, 0.717) is 12.1 Å². The number of halogens is 1. The zero-order valence-electron chi connectivity index (χ0n) is 9.71. The predicted molar refractivity (Wildman–Crippen MR) is 59.7 cm³/mol. The van der Waals surface area contributed by atoms with E-state index in [1.54, 1.807) is 12.1 Å². The molecule has 1 amide bonds. The van der Waals surface area contributed by atoms with Gasteiger partial charge in [0.25, 0.3) is 0 Å². The summed E-state index contributed by atoms with van der Waals surface area (Å²) in [7, 11) is 0. The molecule has 0 atom stereocenters. The van der Waals surface area contributed by atoms with E-state index in [4.69, 9.17) is 4.74 Å². The molecular weight excluding hydrogens is 209 g/mol. The van der Waals surface area contributed by atoms with Crippen LogP contribution in [-0.2, 0) is 11.3 Å². The Morgan fingerprint density at radius 3 is 2.69 bits per heavy atom. The Bertz CT molecular complexity index is 377. The van der Waals surface area contributed by atoms with Crippen LogP contribution >= 0.6 is 0 Å². The van der Waals surface area contributed by atoms with Crippen LogP contribution in [0.3, 0.4) is 0 Å². The van der Waals surface area contributed by atoms with Gasteiger partial charge in [0.1, 0.15) is 0 Å². The maximum Gasteiger partial charge on any atom is 0.217 e. The van der Waals surface area contributed by atoms with E-state index in [2.05, 4.69) is 5.32 Å². The second-order valence-corrected chi connectivity index (χ2v) is 3.84. The van der Waals surface area contributed by atoms with E-state index in [0.717, 1.165) is 0 Å². The molecule has 1 aromatic rings. The summed E-state index contributed by atoms with van der Waals surface area (Å²) in [6.07, 6.45) is -0.0595. The highest BCUT2D eigenvalue weighted by atomic mass is 19.1. The lowest BCUT2D eigenvalue weighted by molar-refractivity contribution is -0.119. The fourth-order valence-corrected chi connectivity index (χ4v) is 1.23. The van der Waals surface area contributed by atoms with Crippen molar-refractivity contribution in [3.05, 3.63) is 29.6 Å². The standard InChI is InChI=1S/C12H16FNO2/c1-8(2)16-12-5-4-10(6-11(12)13)7-14-9(3)15/h4-6,8H,7H2,1-3H3,(H,14,15). The first kappa shape index (κ1) is 12.5. The molecule has 0 heterocycles. The molecule has 0 bridgehead atoms. The van der Waals surface area contributed by atoms with Crippen molar-refractivity contribution < 1.29 is 13.9 Å². The Balaban J connectivity index is 2.70. The molecule has 0 spiro atoms. The molecule has 1 N–H and O–H groups in total. The third-order valence-corrected chi connectivity index (χ3v) is 1.90. The molecule has 16 heavy (non-hydrogen) atoms. The number of benzene rings is 1. The summed E-state index contributed by atoms with van der Waals surface area (Å²) in [5, 5.41) is 2.60. The monoisotopic (exact) mass is 225 g/mol. The first-order chi connectivity index (χ1) is 7.49. The van der Waals surface area contributed by atoms with Crippen LogP contribution in [0.1, 0.15) is 26.3 Å². The molecule has 0 aromatic heterocycles. The van der Waals surface area contributed by atoms with Gasteiger partial charge < -0.3 is 10.1 Å². The lowest BCUT2D eigenvalue weighted by Gasteiger charge is -2.11. The highest BCUT2D eigenvalue weighted by Gasteiger charge is 2.06. The first-order valence-corrected chi connectivity index (χ1v) is 5.18. The lowest BCUT2D eigenvalue weighted by Crippen LogP contribution is -2.19. The average molecular weight is 225 g/mol.